The Labute approximate surface area is 199 Å². The van der Waals surface area contributed by atoms with Crippen LogP contribution in [0, 0.1) is 6.92 Å². The van der Waals surface area contributed by atoms with Gasteiger partial charge in [-0.15, -0.1) is 0 Å². The first-order valence-electron chi connectivity index (χ1n) is 11.6. The van der Waals surface area contributed by atoms with Crippen LogP contribution in [0.4, 0.5) is 0 Å². The fourth-order valence-electron chi connectivity index (χ4n) is 4.23. The van der Waals surface area contributed by atoms with Gasteiger partial charge in [-0.1, -0.05) is 50.1 Å². The van der Waals surface area contributed by atoms with Crippen molar-refractivity contribution < 1.29 is 23.8 Å². The molecule has 1 saturated heterocycles. The molecule has 0 saturated carbocycles. The van der Waals surface area contributed by atoms with Gasteiger partial charge in [0.2, 0.25) is 0 Å². The van der Waals surface area contributed by atoms with Gasteiger partial charge in [-0.25, -0.2) is 0 Å². The zero-order valence-corrected chi connectivity index (χ0v) is 19.5. The molecule has 2 aromatic carbocycles. The van der Waals surface area contributed by atoms with Crippen molar-refractivity contribution in [1.82, 2.24) is 4.90 Å². The van der Waals surface area contributed by atoms with Gasteiger partial charge in [0.1, 0.15) is 29.9 Å². The summed E-state index contributed by atoms with van der Waals surface area (Å²) in [7, 11) is 0. The lowest BCUT2D eigenvalue weighted by molar-refractivity contribution is -0.140. The van der Waals surface area contributed by atoms with Gasteiger partial charge in [-0.2, -0.15) is 0 Å². The molecule has 1 aromatic heterocycles. The van der Waals surface area contributed by atoms with Gasteiger partial charge in [0.05, 0.1) is 11.8 Å². The lowest BCUT2D eigenvalue weighted by Crippen LogP contribution is -2.30. The number of hydrogen-bond donors (Lipinski definition) is 1. The SMILES string of the molecule is CCCCCN1C(=O)C(=O)/C(=C(\O)c2ccc(OCc3ccccc3)c(C)c2)C1c1ccco1. The van der Waals surface area contributed by atoms with E-state index in [0.29, 0.717) is 30.2 Å². The number of hydrogen-bond acceptors (Lipinski definition) is 5. The van der Waals surface area contributed by atoms with Crippen LogP contribution in [0.5, 0.6) is 5.75 Å². The fourth-order valence-corrected chi connectivity index (χ4v) is 4.23. The Balaban J connectivity index is 1.64. The maximum atomic E-state index is 13.0. The summed E-state index contributed by atoms with van der Waals surface area (Å²) in [6, 6.07) is 17.8. The summed E-state index contributed by atoms with van der Waals surface area (Å²) in [6.07, 6.45) is 4.21. The number of aliphatic hydroxyl groups excluding tert-OH is 1. The average molecular weight is 460 g/mol. The number of carbonyl (C=O) groups is 2. The van der Waals surface area contributed by atoms with Crippen LogP contribution < -0.4 is 4.74 Å². The second-order valence-electron chi connectivity index (χ2n) is 8.47. The van der Waals surface area contributed by atoms with E-state index in [2.05, 4.69) is 6.92 Å². The minimum Gasteiger partial charge on any atom is -0.507 e. The number of rotatable bonds is 9. The Bertz CT molecular complexity index is 1180. The van der Waals surface area contributed by atoms with E-state index < -0.39 is 17.7 Å². The van der Waals surface area contributed by atoms with Crippen molar-refractivity contribution >= 4 is 17.4 Å². The zero-order chi connectivity index (χ0) is 24.1. The average Bonchev–Trinajstić information content (AvgIpc) is 3.46. The molecule has 1 N–H and O–H groups in total. The standard InChI is InChI=1S/C28H29NO5/c1-3-4-8-15-29-25(23-12-9-16-33-23)24(27(31)28(29)32)26(30)21-13-14-22(19(2)17-21)34-18-20-10-6-5-7-11-20/h5-7,9-14,16-17,25,30H,3-4,8,15,18H2,1-2H3/b26-24-. The maximum Gasteiger partial charge on any atom is 0.295 e. The minimum atomic E-state index is -0.749. The van der Waals surface area contributed by atoms with Gasteiger partial charge in [-0.3, -0.25) is 9.59 Å². The molecular formula is C28H29NO5. The summed E-state index contributed by atoms with van der Waals surface area (Å²) in [5.74, 6) is -0.383. The summed E-state index contributed by atoms with van der Waals surface area (Å²) >= 11 is 0. The van der Waals surface area contributed by atoms with E-state index in [4.69, 9.17) is 9.15 Å². The summed E-state index contributed by atoms with van der Waals surface area (Å²) in [5, 5.41) is 11.2. The van der Waals surface area contributed by atoms with Gasteiger partial charge in [0.15, 0.2) is 0 Å². The van der Waals surface area contributed by atoms with Crippen LogP contribution in [-0.4, -0.2) is 28.2 Å². The zero-order valence-electron chi connectivity index (χ0n) is 19.5. The molecule has 1 atom stereocenters. The number of ketones is 1. The first-order valence-corrected chi connectivity index (χ1v) is 11.6. The van der Waals surface area contributed by atoms with Crippen LogP contribution >= 0.6 is 0 Å². The third kappa shape index (κ3) is 4.76. The number of furan rings is 1. The molecule has 176 valence electrons. The first-order chi connectivity index (χ1) is 16.5. The molecule has 1 amide bonds. The van der Waals surface area contributed by atoms with Crippen LogP contribution in [-0.2, 0) is 16.2 Å². The summed E-state index contributed by atoms with van der Waals surface area (Å²) < 4.78 is 11.5. The van der Waals surface area contributed by atoms with E-state index in [1.807, 2.05) is 37.3 Å². The van der Waals surface area contributed by atoms with Crippen LogP contribution in [0.25, 0.3) is 5.76 Å². The number of aliphatic hydroxyl groups is 1. The lowest BCUT2D eigenvalue weighted by atomic mass is 9.98. The number of unbranched alkanes of at least 4 members (excludes halogenated alkanes) is 2. The topological polar surface area (TPSA) is 80.0 Å². The van der Waals surface area contributed by atoms with E-state index in [9.17, 15) is 14.7 Å². The maximum absolute atomic E-state index is 13.0. The number of aryl methyl sites for hydroxylation is 1. The van der Waals surface area contributed by atoms with Crippen LogP contribution in [0.2, 0.25) is 0 Å². The van der Waals surface area contributed by atoms with Gasteiger partial charge < -0.3 is 19.2 Å². The van der Waals surface area contributed by atoms with Crippen molar-refractivity contribution in [2.45, 2.75) is 45.8 Å². The van der Waals surface area contributed by atoms with Crippen LogP contribution in [0.15, 0.2) is 76.9 Å². The third-order valence-electron chi connectivity index (χ3n) is 6.04. The van der Waals surface area contributed by atoms with E-state index in [1.54, 1.807) is 30.3 Å². The molecule has 0 spiro atoms. The van der Waals surface area contributed by atoms with Crippen molar-refractivity contribution in [3.63, 3.8) is 0 Å². The number of nitrogens with zero attached hydrogens (tertiary/aromatic N) is 1. The number of benzene rings is 2. The third-order valence-corrected chi connectivity index (χ3v) is 6.04. The molecule has 1 fully saturated rings. The Kier molecular flexibility index (Phi) is 7.16. The highest BCUT2D eigenvalue weighted by molar-refractivity contribution is 6.46. The second-order valence-corrected chi connectivity index (χ2v) is 8.47. The molecular weight excluding hydrogens is 430 g/mol. The Hall–Kier alpha value is -3.80. The Morgan fingerprint density at radius 3 is 2.53 bits per heavy atom. The fraction of sp³-hybridized carbons (Fsp3) is 0.286. The molecule has 0 aliphatic carbocycles. The van der Waals surface area contributed by atoms with Gasteiger partial charge in [-0.05, 0) is 54.8 Å². The van der Waals surface area contributed by atoms with Gasteiger partial charge >= 0.3 is 0 Å². The molecule has 4 rings (SSSR count). The van der Waals surface area contributed by atoms with Crippen molar-refractivity contribution in [3.05, 3.63) is 95.0 Å². The predicted molar refractivity (Wildman–Crippen MR) is 129 cm³/mol. The monoisotopic (exact) mass is 459 g/mol. The molecule has 1 aliphatic heterocycles. The number of carbonyl (C=O) groups excluding carboxylic acids is 2. The van der Waals surface area contributed by atoms with Crippen molar-refractivity contribution in [1.29, 1.82) is 0 Å². The molecule has 1 unspecified atom stereocenters. The van der Waals surface area contributed by atoms with Gasteiger partial charge in [0, 0.05) is 12.1 Å². The number of likely N-dealkylation sites (tertiary alicyclic amines) is 1. The molecule has 0 bridgehead atoms. The second kappa shape index (κ2) is 10.4. The smallest absolute Gasteiger partial charge is 0.295 e. The summed E-state index contributed by atoms with van der Waals surface area (Å²) in [6.45, 7) is 4.80. The van der Waals surface area contributed by atoms with Gasteiger partial charge in [0.25, 0.3) is 11.7 Å². The minimum absolute atomic E-state index is 0.0498. The highest BCUT2D eigenvalue weighted by Gasteiger charge is 2.47. The Morgan fingerprint density at radius 2 is 1.85 bits per heavy atom. The van der Waals surface area contributed by atoms with Crippen molar-refractivity contribution in [3.8, 4) is 5.75 Å². The molecule has 3 aromatic rings. The number of amides is 1. The quantitative estimate of drug-likeness (QED) is 0.190. The van der Waals surface area contributed by atoms with E-state index in [-0.39, 0.29) is 11.3 Å². The Morgan fingerprint density at radius 1 is 1.06 bits per heavy atom. The van der Waals surface area contributed by atoms with E-state index in [0.717, 1.165) is 30.4 Å². The molecule has 0 radical (unpaired) electrons. The van der Waals surface area contributed by atoms with Crippen molar-refractivity contribution in [2.24, 2.45) is 0 Å². The normalized spacial score (nSPS) is 17.4. The molecule has 6 nitrogen and oxygen atoms in total. The van der Waals surface area contributed by atoms with Crippen LogP contribution in [0.3, 0.4) is 0 Å². The highest BCUT2D eigenvalue weighted by atomic mass is 16.5. The molecule has 34 heavy (non-hydrogen) atoms. The lowest BCUT2D eigenvalue weighted by Gasteiger charge is -2.23. The van der Waals surface area contributed by atoms with Crippen molar-refractivity contribution in [2.75, 3.05) is 6.54 Å². The van der Waals surface area contributed by atoms with Crippen LogP contribution in [0.1, 0.15) is 54.7 Å². The first kappa shape index (κ1) is 23.4. The largest absolute Gasteiger partial charge is 0.507 e. The van der Waals surface area contributed by atoms with E-state index >= 15 is 0 Å². The molecule has 6 heteroatoms. The predicted octanol–water partition coefficient (Wildman–Crippen LogP) is 5.78. The number of Topliss-reactive ketones (excluding diaryl/α,β-unsaturated/α-hetero) is 1. The molecule has 1 aliphatic rings. The highest BCUT2D eigenvalue weighted by Crippen LogP contribution is 2.40. The summed E-state index contributed by atoms with van der Waals surface area (Å²) in [5.41, 5.74) is 2.36. The van der Waals surface area contributed by atoms with E-state index in [1.165, 1.54) is 11.2 Å². The summed E-state index contributed by atoms with van der Waals surface area (Å²) in [4.78, 5) is 27.4. The molecule has 2 heterocycles. The number of ether oxygens (including phenoxy) is 1.